The first-order valence-electron chi connectivity index (χ1n) is 6.86. The fraction of sp³-hybridized carbons (Fsp3) is 0.133. The van der Waals surface area contributed by atoms with Gasteiger partial charge in [0.2, 0.25) is 21.5 Å². The molecule has 1 aromatic heterocycles. The molecule has 0 saturated heterocycles. The minimum absolute atomic E-state index is 0.0173. The molecule has 0 radical (unpaired) electrons. The van der Waals surface area contributed by atoms with E-state index < -0.39 is 21.6 Å². The van der Waals surface area contributed by atoms with Gasteiger partial charge in [-0.15, -0.1) is 0 Å². The molecule has 8 nitrogen and oxygen atoms in total. The zero-order chi connectivity index (χ0) is 17.7. The van der Waals surface area contributed by atoms with Gasteiger partial charge in [0.15, 0.2) is 0 Å². The highest BCUT2D eigenvalue weighted by atomic mass is 32.2. The summed E-state index contributed by atoms with van der Waals surface area (Å²) in [4.78, 5) is 18.7. The van der Waals surface area contributed by atoms with Gasteiger partial charge in [-0.05, 0) is 19.1 Å². The smallest absolute Gasteiger partial charge is 0.373 e. The molecule has 0 unspecified atom stereocenters. The van der Waals surface area contributed by atoms with Crippen molar-refractivity contribution in [3.63, 3.8) is 0 Å². The van der Waals surface area contributed by atoms with Gasteiger partial charge in [-0.25, -0.2) is 23.2 Å². The number of nitrogen functional groups attached to an aromatic ring is 1. The van der Waals surface area contributed by atoms with E-state index in [0.29, 0.717) is 0 Å². The lowest BCUT2D eigenvalue weighted by atomic mass is 10.3. The first-order valence-corrected chi connectivity index (χ1v) is 8.35. The lowest BCUT2D eigenvalue weighted by Gasteiger charge is -2.08. The third kappa shape index (κ3) is 3.69. The van der Waals surface area contributed by atoms with Crippen LogP contribution in [-0.4, -0.2) is 36.1 Å². The minimum Gasteiger partial charge on any atom is -0.502 e. The van der Waals surface area contributed by atoms with Crippen LogP contribution in [0.25, 0.3) is 6.08 Å². The number of carbonyl (C=O) groups is 1. The van der Waals surface area contributed by atoms with E-state index in [-0.39, 0.29) is 28.0 Å². The molecule has 1 heterocycles. The molecule has 0 atom stereocenters. The number of esters is 1. The lowest BCUT2D eigenvalue weighted by molar-refractivity contribution is -0.141. The molecule has 2 rings (SSSR count). The summed E-state index contributed by atoms with van der Waals surface area (Å²) in [6.07, 6.45) is 1.90. The third-order valence-corrected chi connectivity index (χ3v) is 4.69. The normalized spacial score (nSPS) is 12.0. The van der Waals surface area contributed by atoms with Crippen molar-refractivity contribution >= 4 is 27.8 Å². The predicted molar refractivity (Wildman–Crippen MR) is 85.6 cm³/mol. The summed E-state index contributed by atoms with van der Waals surface area (Å²) in [6.45, 7) is 1.62. The number of nitrogens with zero attached hydrogens (tertiary/aromatic N) is 2. The maximum Gasteiger partial charge on any atom is 0.373 e. The van der Waals surface area contributed by atoms with Crippen molar-refractivity contribution in [2.75, 3.05) is 12.3 Å². The number of aromatic nitrogens is 2. The molecule has 126 valence electrons. The van der Waals surface area contributed by atoms with Crippen LogP contribution >= 0.6 is 0 Å². The molecule has 3 N–H and O–H groups in total. The van der Waals surface area contributed by atoms with Crippen molar-refractivity contribution in [2.45, 2.75) is 16.7 Å². The lowest BCUT2D eigenvalue weighted by Crippen LogP contribution is -2.10. The number of benzene rings is 1. The second-order valence-corrected chi connectivity index (χ2v) is 6.46. The van der Waals surface area contributed by atoms with Gasteiger partial charge in [0, 0.05) is 6.08 Å². The monoisotopic (exact) mass is 349 g/mol. The van der Waals surface area contributed by atoms with E-state index in [1.807, 2.05) is 0 Å². The molecular weight excluding hydrogens is 334 g/mol. The summed E-state index contributed by atoms with van der Waals surface area (Å²) in [5, 5.41) is 9.74. The Morgan fingerprint density at radius 2 is 2.00 bits per heavy atom. The fourth-order valence-corrected chi connectivity index (χ4v) is 3.17. The predicted octanol–water partition coefficient (Wildman–Crippen LogP) is 1.35. The van der Waals surface area contributed by atoms with Crippen molar-refractivity contribution in [2.24, 2.45) is 0 Å². The first kappa shape index (κ1) is 17.4. The number of nitrogens with two attached hydrogens (primary N) is 1. The number of aliphatic hydroxyl groups is 1. The van der Waals surface area contributed by atoms with Gasteiger partial charge in [0.25, 0.3) is 0 Å². The Kier molecular flexibility index (Phi) is 5.14. The highest BCUT2D eigenvalue weighted by Crippen LogP contribution is 2.24. The highest BCUT2D eigenvalue weighted by Gasteiger charge is 2.23. The summed E-state index contributed by atoms with van der Waals surface area (Å²) in [6, 6.07) is 7.62. The summed E-state index contributed by atoms with van der Waals surface area (Å²) >= 11 is 0. The Balaban J connectivity index is 2.57. The molecule has 0 saturated carbocycles. The Morgan fingerprint density at radius 3 is 2.62 bits per heavy atom. The minimum atomic E-state index is -3.96. The van der Waals surface area contributed by atoms with E-state index in [1.165, 1.54) is 12.1 Å². The van der Waals surface area contributed by atoms with Gasteiger partial charge in [0.1, 0.15) is 4.90 Å². The Bertz CT molecular complexity index is 879. The molecule has 0 spiro atoms. The van der Waals surface area contributed by atoms with Crippen LogP contribution in [-0.2, 0) is 19.4 Å². The van der Waals surface area contributed by atoms with Crippen molar-refractivity contribution < 1.29 is 23.1 Å². The number of rotatable bonds is 5. The molecule has 2 aromatic rings. The summed E-state index contributed by atoms with van der Waals surface area (Å²) in [5.41, 5.74) is 5.26. The number of sulfone groups is 1. The molecule has 0 amide bonds. The van der Waals surface area contributed by atoms with Crippen LogP contribution < -0.4 is 5.73 Å². The Hall–Kier alpha value is -2.94. The number of hydrogen-bond acceptors (Lipinski definition) is 8. The molecule has 0 aliphatic rings. The molecule has 9 heteroatoms. The van der Waals surface area contributed by atoms with E-state index in [1.54, 1.807) is 25.1 Å². The second-order valence-electron chi connectivity index (χ2n) is 4.54. The topological polar surface area (TPSA) is 132 Å². The van der Waals surface area contributed by atoms with Gasteiger partial charge in [0.05, 0.1) is 23.4 Å². The number of hydrogen-bond donors (Lipinski definition) is 2. The van der Waals surface area contributed by atoms with Gasteiger partial charge in [-0.1, -0.05) is 18.2 Å². The third-order valence-electron chi connectivity index (χ3n) is 2.90. The largest absolute Gasteiger partial charge is 0.502 e. The molecule has 0 aliphatic heterocycles. The van der Waals surface area contributed by atoms with E-state index in [2.05, 4.69) is 14.7 Å². The SMILES string of the molecule is CCOC(=O)C(O)=Cc1nc(N)ncc1S(=O)(=O)c1ccccc1. The Labute approximate surface area is 138 Å². The first-order chi connectivity index (χ1) is 11.4. The average Bonchev–Trinajstić information content (AvgIpc) is 2.55. The zero-order valence-corrected chi connectivity index (χ0v) is 13.5. The highest BCUT2D eigenvalue weighted by molar-refractivity contribution is 7.91. The van der Waals surface area contributed by atoms with E-state index >= 15 is 0 Å². The summed E-state index contributed by atoms with van der Waals surface area (Å²) < 4.78 is 30.0. The molecular formula is C15H15N3O5S. The zero-order valence-electron chi connectivity index (χ0n) is 12.7. The second kappa shape index (κ2) is 7.09. The van der Waals surface area contributed by atoms with Crippen LogP contribution in [0.1, 0.15) is 12.6 Å². The van der Waals surface area contributed by atoms with Crippen LogP contribution in [0.3, 0.4) is 0 Å². The maximum atomic E-state index is 12.7. The van der Waals surface area contributed by atoms with E-state index in [9.17, 15) is 18.3 Å². The van der Waals surface area contributed by atoms with Crippen LogP contribution in [0.15, 0.2) is 52.1 Å². The number of carbonyl (C=O) groups excluding carboxylic acids is 1. The molecule has 0 fully saturated rings. The number of ether oxygens (including phenoxy) is 1. The molecule has 0 bridgehead atoms. The van der Waals surface area contributed by atoms with Crippen molar-refractivity contribution in [1.29, 1.82) is 0 Å². The number of aliphatic hydroxyl groups excluding tert-OH is 1. The van der Waals surface area contributed by atoms with E-state index in [0.717, 1.165) is 12.3 Å². The van der Waals surface area contributed by atoms with Crippen LogP contribution in [0.2, 0.25) is 0 Å². The van der Waals surface area contributed by atoms with Crippen molar-refractivity contribution in [3.8, 4) is 0 Å². The molecule has 0 aliphatic carbocycles. The quantitative estimate of drug-likeness (QED) is 0.469. The van der Waals surface area contributed by atoms with Gasteiger partial charge in [-0.2, -0.15) is 0 Å². The van der Waals surface area contributed by atoms with Gasteiger partial charge in [-0.3, -0.25) is 0 Å². The van der Waals surface area contributed by atoms with Crippen molar-refractivity contribution in [1.82, 2.24) is 9.97 Å². The standard InChI is InChI=1S/C15H15N3O5S/c1-2-23-14(20)12(19)8-11-13(9-17-15(16)18-11)24(21,22)10-6-4-3-5-7-10/h3-9,19H,2H2,1H3,(H2,16,17,18). The maximum absolute atomic E-state index is 12.7. The van der Waals surface area contributed by atoms with Crippen LogP contribution in [0, 0.1) is 0 Å². The molecule has 24 heavy (non-hydrogen) atoms. The van der Waals surface area contributed by atoms with E-state index in [4.69, 9.17) is 5.73 Å². The van der Waals surface area contributed by atoms with Gasteiger partial charge >= 0.3 is 5.97 Å². The average molecular weight is 349 g/mol. The summed E-state index contributed by atoms with van der Waals surface area (Å²) in [7, 11) is -3.96. The molecule has 1 aromatic carbocycles. The van der Waals surface area contributed by atoms with Crippen LogP contribution in [0.5, 0.6) is 0 Å². The fourth-order valence-electron chi connectivity index (χ4n) is 1.83. The number of anilines is 1. The summed E-state index contributed by atoms with van der Waals surface area (Å²) in [5.74, 6) is -2.00. The van der Waals surface area contributed by atoms with Crippen molar-refractivity contribution in [3.05, 3.63) is 48.0 Å². The van der Waals surface area contributed by atoms with Gasteiger partial charge < -0.3 is 15.6 Å². The van der Waals surface area contributed by atoms with Crippen LogP contribution in [0.4, 0.5) is 5.95 Å². The Morgan fingerprint density at radius 1 is 1.33 bits per heavy atom.